The van der Waals surface area contributed by atoms with Gasteiger partial charge in [0.05, 0.1) is 4.90 Å². The molecular formula is C25H33NO4S. The Hall–Kier alpha value is -2.44. The van der Waals surface area contributed by atoms with Gasteiger partial charge in [-0.2, -0.15) is 0 Å². The van der Waals surface area contributed by atoms with Gasteiger partial charge in [-0.05, 0) is 24.1 Å². The Bertz CT molecular complexity index is 898. The molecule has 168 valence electrons. The van der Waals surface area contributed by atoms with Gasteiger partial charge in [-0.3, -0.25) is 9.63 Å². The number of nitrogens with zero attached hydrogens (tertiary/aromatic N) is 1. The number of hydroxylamine groups is 2. The van der Waals surface area contributed by atoms with Crippen LogP contribution in [0.25, 0.3) is 0 Å². The van der Waals surface area contributed by atoms with Gasteiger partial charge in [0.2, 0.25) is 0 Å². The van der Waals surface area contributed by atoms with E-state index in [9.17, 15) is 13.2 Å². The maximum atomic E-state index is 13.2. The number of unbranched alkanes of at least 4 members (excludes halogenated alkanes) is 5. The topological polar surface area (TPSA) is 63.7 Å². The molecule has 0 N–H and O–H groups in total. The maximum Gasteiger partial charge on any atom is 0.268 e. The second-order valence-corrected chi connectivity index (χ2v) is 9.55. The number of amides is 1. The van der Waals surface area contributed by atoms with E-state index in [1.807, 2.05) is 30.3 Å². The highest BCUT2D eigenvalue weighted by molar-refractivity contribution is 7.93. The van der Waals surface area contributed by atoms with E-state index in [1.165, 1.54) is 36.1 Å². The van der Waals surface area contributed by atoms with Crippen LogP contribution in [0, 0.1) is 0 Å². The van der Waals surface area contributed by atoms with E-state index >= 15 is 0 Å². The van der Waals surface area contributed by atoms with Crippen LogP contribution in [-0.4, -0.2) is 31.2 Å². The lowest BCUT2D eigenvalue weighted by Gasteiger charge is -2.25. The average Bonchev–Trinajstić information content (AvgIpc) is 2.79. The zero-order valence-corrected chi connectivity index (χ0v) is 19.1. The van der Waals surface area contributed by atoms with Crippen LogP contribution in [0.3, 0.4) is 0 Å². The van der Waals surface area contributed by atoms with Crippen LogP contribution < -0.4 is 0 Å². The molecular weight excluding hydrogens is 410 g/mol. The summed E-state index contributed by atoms with van der Waals surface area (Å²) in [6.45, 7) is 6.32. The molecule has 2 aromatic carbocycles. The van der Waals surface area contributed by atoms with E-state index < -0.39 is 21.0 Å². The first-order chi connectivity index (χ1) is 15.0. The third-order valence-electron chi connectivity index (χ3n) is 5.05. The van der Waals surface area contributed by atoms with Crippen LogP contribution in [0.2, 0.25) is 0 Å². The van der Waals surface area contributed by atoms with E-state index in [4.69, 9.17) is 4.84 Å². The second-order valence-electron chi connectivity index (χ2n) is 7.48. The van der Waals surface area contributed by atoms with Crippen LogP contribution in [0.15, 0.2) is 78.2 Å². The first-order valence-electron chi connectivity index (χ1n) is 10.9. The molecule has 2 aromatic rings. The minimum absolute atomic E-state index is 0.0934. The van der Waals surface area contributed by atoms with Crippen LogP contribution in [0.1, 0.15) is 51.0 Å². The van der Waals surface area contributed by atoms with Crippen molar-refractivity contribution in [3.63, 3.8) is 0 Å². The monoisotopic (exact) mass is 443 g/mol. The summed E-state index contributed by atoms with van der Waals surface area (Å²) in [6.07, 6.45) is 7.51. The summed E-state index contributed by atoms with van der Waals surface area (Å²) < 4.78 is 26.1. The fourth-order valence-corrected chi connectivity index (χ4v) is 4.73. The summed E-state index contributed by atoms with van der Waals surface area (Å²) in [5.41, 5.74) is 0.907. The van der Waals surface area contributed by atoms with Crippen LogP contribution in [0.5, 0.6) is 0 Å². The minimum atomic E-state index is -3.91. The molecule has 31 heavy (non-hydrogen) atoms. The van der Waals surface area contributed by atoms with Gasteiger partial charge >= 0.3 is 0 Å². The molecule has 5 nitrogen and oxygen atoms in total. The Balaban J connectivity index is 2.12. The zero-order chi connectivity index (χ0) is 22.5. The third kappa shape index (κ3) is 7.64. The molecule has 1 unspecified atom stereocenters. The number of hydrogen-bond donors (Lipinski definition) is 0. The molecule has 0 saturated heterocycles. The van der Waals surface area contributed by atoms with Crippen LogP contribution >= 0.6 is 0 Å². The highest BCUT2D eigenvalue weighted by Gasteiger charge is 2.35. The Labute approximate surface area is 186 Å². The smallest absolute Gasteiger partial charge is 0.268 e. The molecule has 2 rings (SSSR count). The van der Waals surface area contributed by atoms with E-state index in [-0.39, 0.29) is 11.5 Å². The van der Waals surface area contributed by atoms with E-state index in [1.54, 1.807) is 18.2 Å². The van der Waals surface area contributed by atoms with Gasteiger partial charge < -0.3 is 0 Å². The molecule has 0 saturated carbocycles. The number of carbonyl (C=O) groups excluding carboxylic acids is 1. The fourth-order valence-electron chi connectivity index (χ4n) is 3.26. The van der Waals surface area contributed by atoms with Gasteiger partial charge in [-0.1, -0.05) is 93.6 Å². The average molecular weight is 444 g/mol. The summed E-state index contributed by atoms with van der Waals surface area (Å²) in [5.74, 6) is -0.608. The molecule has 1 amide bonds. The van der Waals surface area contributed by atoms with Crippen molar-refractivity contribution in [1.29, 1.82) is 0 Å². The first-order valence-corrected chi connectivity index (χ1v) is 12.4. The van der Waals surface area contributed by atoms with Gasteiger partial charge in [0.25, 0.3) is 5.91 Å². The van der Waals surface area contributed by atoms with Crippen LogP contribution in [0.4, 0.5) is 0 Å². The van der Waals surface area contributed by atoms with Crippen molar-refractivity contribution in [3.05, 3.63) is 78.9 Å². The van der Waals surface area contributed by atoms with Crippen molar-refractivity contribution < 1.29 is 18.0 Å². The van der Waals surface area contributed by atoms with Crippen molar-refractivity contribution in [1.82, 2.24) is 5.06 Å². The lowest BCUT2D eigenvalue weighted by atomic mass is 10.1. The van der Waals surface area contributed by atoms with Gasteiger partial charge in [0.1, 0.15) is 6.61 Å². The normalized spacial score (nSPS) is 12.3. The molecule has 0 aliphatic heterocycles. The SMILES string of the molecule is C=CC(C(=O)N(CCCCCCCC)OCc1ccccc1)S(=O)(=O)c1ccccc1. The molecule has 6 heteroatoms. The molecule has 0 radical (unpaired) electrons. The van der Waals surface area contributed by atoms with E-state index in [2.05, 4.69) is 13.5 Å². The lowest BCUT2D eigenvalue weighted by molar-refractivity contribution is -0.190. The number of benzene rings is 2. The second kappa shape index (κ2) is 13.1. The highest BCUT2D eigenvalue weighted by atomic mass is 32.2. The summed E-state index contributed by atoms with van der Waals surface area (Å²) in [7, 11) is -3.91. The molecule has 0 aliphatic carbocycles. The van der Waals surface area contributed by atoms with E-state index in [0.717, 1.165) is 31.2 Å². The predicted octanol–water partition coefficient (Wildman–Crippen LogP) is 5.34. The summed E-state index contributed by atoms with van der Waals surface area (Å²) in [4.78, 5) is 19.1. The van der Waals surface area contributed by atoms with Gasteiger partial charge in [0, 0.05) is 6.54 Å². The Morgan fingerprint density at radius 2 is 1.55 bits per heavy atom. The Morgan fingerprint density at radius 1 is 0.968 bits per heavy atom. The summed E-state index contributed by atoms with van der Waals surface area (Å²) in [6, 6.07) is 17.5. The minimum Gasteiger partial charge on any atom is -0.271 e. The fraction of sp³-hybridized carbons (Fsp3) is 0.400. The number of carbonyl (C=O) groups is 1. The van der Waals surface area contributed by atoms with Gasteiger partial charge in [-0.25, -0.2) is 13.5 Å². The van der Waals surface area contributed by atoms with Crippen molar-refractivity contribution in [2.75, 3.05) is 6.54 Å². The van der Waals surface area contributed by atoms with Crippen molar-refractivity contribution in [2.24, 2.45) is 0 Å². The molecule has 0 aromatic heterocycles. The Morgan fingerprint density at radius 3 is 2.16 bits per heavy atom. The largest absolute Gasteiger partial charge is 0.271 e. The quantitative estimate of drug-likeness (QED) is 0.225. The number of sulfone groups is 1. The molecule has 0 fully saturated rings. The molecule has 0 aliphatic rings. The van der Waals surface area contributed by atoms with E-state index in [0.29, 0.717) is 6.54 Å². The maximum absolute atomic E-state index is 13.2. The highest BCUT2D eigenvalue weighted by Crippen LogP contribution is 2.20. The standard InChI is InChI=1S/C25H33NO4S/c1-3-5-6-7-8-15-20-26(30-21-22-16-11-9-12-17-22)25(27)24(4-2)31(28,29)23-18-13-10-14-19-23/h4,9-14,16-19,24H,2-3,5-8,15,20-21H2,1H3. The molecule has 0 spiro atoms. The first kappa shape index (κ1) is 24.8. The molecule has 0 bridgehead atoms. The van der Waals surface area contributed by atoms with Crippen LogP contribution in [-0.2, 0) is 26.1 Å². The lowest BCUT2D eigenvalue weighted by Crippen LogP contribution is -2.42. The predicted molar refractivity (Wildman–Crippen MR) is 124 cm³/mol. The summed E-state index contributed by atoms with van der Waals surface area (Å²) in [5, 5.41) is -0.189. The number of hydrogen-bond acceptors (Lipinski definition) is 4. The van der Waals surface area contributed by atoms with Crippen molar-refractivity contribution in [3.8, 4) is 0 Å². The Kier molecular flexibility index (Phi) is 10.5. The third-order valence-corrected chi connectivity index (χ3v) is 7.05. The van der Waals surface area contributed by atoms with Crippen molar-refractivity contribution >= 4 is 15.7 Å². The van der Waals surface area contributed by atoms with Gasteiger partial charge in [0.15, 0.2) is 15.1 Å². The molecule has 1 atom stereocenters. The van der Waals surface area contributed by atoms with Gasteiger partial charge in [-0.15, -0.1) is 6.58 Å². The number of rotatable bonds is 14. The van der Waals surface area contributed by atoms with Crippen molar-refractivity contribution in [2.45, 2.75) is 62.2 Å². The zero-order valence-electron chi connectivity index (χ0n) is 18.3. The molecule has 0 heterocycles. The summed E-state index contributed by atoms with van der Waals surface area (Å²) >= 11 is 0.